The number of carbonyl (C=O) groups excluding carboxylic acids is 1. The fraction of sp³-hybridized carbons (Fsp3) is 0.750. The highest BCUT2D eigenvalue weighted by molar-refractivity contribution is 5.72. The van der Waals surface area contributed by atoms with Crippen molar-refractivity contribution in [3.63, 3.8) is 0 Å². The minimum absolute atomic E-state index is 0.460. The Morgan fingerprint density at radius 2 is 2.23 bits per heavy atom. The highest BCUT2D eigenvalue weighted by atomic mass is 16.4. The Morgan fingerprint density at radius 1 is 1.62 bits per heavy atom. The second-order valence-corrected chi connectivity index (χ2v) is 3.03. The van der Waals surface area contributed by atoms with E-state index in [-0.39, 0.29) is 0 Å². The molecule has 0 bridgehead atoms. The number of hydrogen-bond donors (Lipinski definition) is 2. The molecule has 3 N–H and O–H groups in total. The van der Waals surface area contributed by atoms with E-state index in [9.17, 15) is 9.59 Å². The summed E-state index contributed by atoms with van der Waals surface area (Å²) in [6.45, 7) is 0.649. The van der Waals surface area contributed by atoms with Crippen molar-refractivity contribution in [3.8, 4) is 0 Å². The van der Waals surface area contributed by atoms with E-state index in [1.165, 1.54) is 4.90 Å². The van der Waals surface area contributed by atoms with E-state index >= 15 is 0 Å². The van der Waals surface area contributed by atoms with Crippen LogP contribution in [0.4, 0.5) is 0 Å². The maximum Gasteiger partial charge on any atom is 0.320 e. The van der Waals surface area contributed by atoms with Gasteiger partial charge in [-0.25, -0.2) is 0 Å². The minimum Gasteiger partial charge on any atom is -0.480 e. The van der Waals surface area contributed by atoms with E-state index in [0.717, 1.165) is 19.3 Å². The summed E-state index contributed by atoms with van der Waals surface area (Å²) in [5.41, 5.74) is 5.28. The van der Waals surface area contributed by atoms with Crippen molar-refractivity contribution in [1.29, 1.82) is 0 Å². The molecule has 76 valence electrons. The third-order valence-electron chi connectivity index (χ3n) is 1.77. The number of carboxylic acids is 1. The van der Waals surface area contributed by atoms with Gasteiger partial charge in [-0.3, -0.25) is 9.59 Å². The molecule has 1 amide bonds. The highest BCUT2D eigenvalue weighted by Crippen LogP contribution is 1.99. The summed E-state index contributed by atoms with van der Waals surface area (Å²) in [4.78, 5) is 22.0. The van der Waals surface area contributed by atoms with Gasteiger partial charge in [0.2, 0.25) is 6.41 Å². The summed E-state index contributed by atoms with van der Waals surface area (Å²) in [6.07, 6.45) is 2.72. The van der Waals surface area contributed by atoms with Crippen LogP contribution in [0.1, 0.15) is 19.3 Å². The van der Waals surface area contributed by atoms with Crippen LogP contribution in [0, 0.1) is 0 Å². The topological polar surface area (TPSA) is 83.6 Å². The third kappa shape index (κ3) is 6.10. The summed E-state index contributed by atoms with van der Waals surface area (Å²) in [6, 6.07) is -0.776. The average Bonchev–Trinajstić information content (AvgIpc) is 2.11. The number of unbranched alkanes of at least 4 members (excludes halogenated alkanes) is 1. The van der Waals surface area contributed by atoms with Gasteiger partial charge in [0.15, 0.2) is 0 Å². The van der Waals surface area contributed by atoms with Crippen LogP contribution in [0.3, 0.4) is 0 Å². The Hall–Kier alpha value is -1.10. The molecule has 5 nitrogen and oxygen atoms in total. The van der Waals surface area contributed by atoms with Gasteiger partial charge in [-0.05, 0) is 19.3 Å². The molecular formula is C8H16N2O3. The largest absolute Gasteiger partial charge is 0.480 e. The van der Waals surface area contributed by atoms with Crippen LogP contribution in [0.25, 0.3) is 0 Å². The quantitative estimate of drug-likeness (QED) is 0.423. The predicted molar refractivity (Wildman–Crippen MR) is 48.2 cm³/mol. The smallest absolute Gasteiger partial charge is 0.320 e. The summed E-state index contributed by atoms with van der Waals surface area (Å²) in [5.74, 6) is -0.969. The molecule has 0 aliphatic carbocycles. The molecule has 0 fully saturated rings. The molecule has 0 aliphatic heterocycles. The predicted octanol–water partition coefficient (Wildman–Crippen LogP) is -0.343. The average molecular weight is 188 g/mol. The first-order chi connectivity index (χ1) is 6.07. The van der Waals surface area contributed by atoms with Gasteiger partial charge in [-0.15, -0.1) is 0 Å². The van der Waals surface area contributed by atoms with Gasteiger partial charge in [-0.1, -0.05) is 0 Å². The summed E-state index contributed by atoms with van der Waals surface area (Å²) in [7, 11) is 1.68. The molecule has 0 saturated carbocycles. The van der Waals surface area contributed by atoms with Crippen molar-refractivity contribution in [1.82, 2.24) is 4.90 Å². The Labute approximate surface area is 77.5 Å². The van der Waals surface area contributed by atoms with Crippen LogP contribution < -0.4 is 5.73 Å². The van der Waals surface area contributed by atoms with E-state index in [2.05, 4.69) is 0 Å². The molecule has 0 rings (SSSR count). The number of aliphatic carboxylic acids is 1. The zero-order chi connectivity index (χ0) is 10.3. The van der Waals surface area contributed by atoms with E-state index < -0.39 is 12.0 Å². The minimum atomic E-state index is -0.969. The van der Waals surface area contributed by atoms with Crippen LogP contribution in [0.2, 0.25) is 0 Å². The molecule has 0 radical (unpaired) electrons. The van der Waals surface area contributed by atoms with Crippen molar-refractivity contribution >= 4 is 12.4 Å². The lowest BCUT2D eigenvalue weighted by atomic mass is 10.1. The monoisotopic (exact) mass is 188 g/mol. The molecule has 0 aromatic rings. The van der Waals surface area contributed by atoms with Gasteiger partial charge in [0.1, 0.15) is 6.04 Å². The molecule has 0 spiro atoms. The third-order valence-corrected chi connectivity index (χ3v) is 1.77. The van der Waals surface area contributed by atoms with Crippen LogP contribution in [0.15, 0.2) is 0 Å². The molecular weight excluding hydrogens is 172 g/mol. The fourth-order valence-corrected chi connectivity index (χ4v) is 0.902. The number of rotatable bonds is 7. The zero-order valence-electron chi connectivity index (χ0n) is 7.77. The molecule has 1 unspecified atom stereocenters. The van der Waals surface area contributed by atoms with Gasteiger partial charge in [-0.2, -0.15) is 0 Å². The normalized spacial score (nSPS) is 12.2. The number of amides is 1. The van der Waals surface area contributed by atoms with Gasteiger partial charge >= 0.3 is 5.97 Å². The second kappa shape index (κ2) is 6.42. The van der Waals surface area contributed by atoms with Crippen molar-refractivity contribution in [2.75, 3.05) is 13.6 Å². The van der Waals surface area contributed by atoms with Crippen LogP contribution in [-0.2, 0) is 9.59 Å². The number of carbonyl (C=O) groups is 2. The molecule has 1 atom stereocenters. The molecule has 0 aliphatic rings. The lowest BCUT2D eigenvalue weighted by Crippen LogP contribution is -2.30. The van der Waals surface area contributed by atoms with E-state index in [4.69, 9.17) is 10.8 Å². The maximum absolute atomic E-state index is 10.3. The van der Waals surface area contributed by atoms with E-state index in [0.29, 0.717) is 13.0 Å². The zero-order valence-corrected chi connectivity index (χ0v) is 7.77. The maximum atomic E-state index is 10.3. The molecule has 0 heterocycles. The van der Waals surface area contributed by atoms with Gasteiger partial charge < -0.3 is 15.7 Å². The van der Waals surface area contributed by atoms with E-state index in [1.807, 2.05) is 0 Å². The second-order valence-electron chi connectivity index (χ2n) is 3.03. The Kier molecular flexibility index (Phi) is 5.88. The number of carboxylic acid groups (broad SMARTS) is 1. The Balaban J connectivity index is 3.35. The lowest BCUT2D eigenvalue weighted by Gasteiger charge is -2.10. The Bertz CT molecular complexity index is 173. The van der Waals surface area contributed by atoms with Gasteiger partial charge in [0.05, 0.1) is 0 Å². The van der Waals surface area contributed by atoms with Crippen LogP contribution in [-0.4, -0.2) is 42.0 Å². The Morgan fingerprint density at radius 3 is 2.69 bits per heavy atom. The summed E-state index contributed by atoms with van der Waals surface area (Å²) >= 11 is 0. The van der Waals surface area contributed by atoms with Crippen LogP contribution in [0.5, 0.6) is 0 Å². The van der Waals surface area contributed by atoms with Crippen molar-refractivity contribution in [3.05, 3.63) is 0 Å². The SMILES string of the molecule is CN(C=O)CCCCC(N)C(=O)O. The number of nitrogens with two attached hydrogens (primary N) is 1. The standard InChI is InChI=1S/C8H16N2O3/c1-10(6-11)5-3-2-4-7(9)8(12)13/h6-7H,2-5,9H2,1H3,(H,12,13). The highest BCUT2D eigenvalue weighted by Gasteiger charge is 2.09. The van der Waals surface area contributed by atoms with Gasteiger partial charge in [0, 0.05) is 13.6 Å². The fourth-order valence-electron chi connectivity index (χ4n) is 0.902. The van der Waals surface area contributed by atoms with Crippen molar-refractivity contribution in [2.24, 2.45) is 5.73 Å². The first kappa shape index (κ1) is 11.9. The first-order valence-electron chi connectivity index (χ1n) is 4.22. The molecule has 13 heavy (non-hydrogen) atoms. The lowest BCUT2D eigenvalue weighted by molar-refractivity contribution is -0.138. The molecule has 0 saturated heterocycles. The van der Waals surface area contributed by atoms with Crippen molar-refractivity contribution < 1.29 is 14.7 Å². The number of hydrogen-bond acceptors (Lipinski definition) is 3. The van der Waals surface area contributed by atoms with Crippen LogP contribution >= 0.6 is 0 Å². The number of nitrogens with zero attached hydrogens (tertiary/aromatic N) is 1. The molecule has 5 heteroatoms. The first-order valence-corrected chi connectivity index (χ1v) is 4.22. The van der Waals surface area contributed by atoms with E-state index in [1.54, 1.807) is 7.05 Å². The summed E-state index contributed by atoms with van der Waals surface area (Å²) in [5, 5.41) is 8.45. The summed E-state index contributed by atoms with van der Waals surface area (Å²) < 4.78 is 0. The molecule has 0 aromatic carbocycles. The van der Waals surface area contributed by atoms with Crippen molar-refractivity contribution in [2.45, 2.75) is 25.3 Å². The molecule has 0 aromatic heterocycles. The van der Waals surface area contributed by atoms with Gasteiger partial charge in [0.25, 0.3) is 0 Å².